The maximum atomic E-state index is 11.5. The lowest BCUT2D eigenvalue weighted by Gasteiger charge is -2.34. The second-order valence-electron chi connectivity index (χ2n) is 4.34. The molecule has 1 heterocycles. The molecule has 102 valence electrons. The average Bonchev–Trinajstić information content (AvgIpc) is 2.77. The molecule has 0 spiro atoms. The van der Waals surface area contributed by atoms with Crippen molar-refractivity contribution in [3.63, 3.8) is 0 Å². The van der Waals surface area contributed by atoms with Crippen LogP contribution in [-0.2, 0) is 21.3 Å². The van der Waals surface area contributed by atoms with Gasteiger partial charge in [0.25, 0.3) is 10.0 Å². The molecule has 1 saturated carbocycles. The zero-order chi connectivity index (χ0) is 13.2. The summed E-state index contributed by atoms with van der Waals surface area (Å²) in [5, 5.41) is 3.24. The first kappa shape index (κ1) is 13.5. The highest BCUT2D eigenvalue weighted by Gasteiger charge is 2.28. The summed E-state index contributed by atoms with van der Waals surface area (Å²) in [4.78, 5) is 0. The lowest BCUT2D eigenvalue weighted by molar-refractivity contribution is 0.0164. The summed E-state index contributed by atoms with van der Waals surface area (Å²) in [6, 6.07) is 3.55. The van der Waals surface area contributed by atoms with Crippen LogP contribution in [0.25, 0.3) is 0 Å². The number of ether oxygens (including phenoxy) is 1. The summed E-state index contributed by atoms with van der Waals surface area (Å²) in [7, 11) is -0.418. The van der Waals surface area contributed by atoms with Gasteiger partial charge >= 0.3 is 0 Å². The monoisotopic (exact) mass is 274 g/mol. The van der Waals surface area contributed by atoms with Crippen molar-refractivity contribution in [2.45, 2.75) is 36.6 Å². The van der Waals surface area contributed by atoms with Crippen LogP contribution in [0.3, 0.4) is 0 Å². The molecule has 1 aromatic heterocycles. The summed E-state index contributed by atoms with van der Waals surface area (Å²) in [5.41, 5.74) is 0. The van der Waals surface area contributed by atoms with Gasteiger partial charge in [0.2, 0.25) is 5.09 Å². The Labute approximate surface area is 107 Å². The molecule has 2 rings (SSSR count). The van der Waals surface area contributed by atoms with E-state index in [0.29, 0.717) is 24.5 Å². The maximum Gasteiger partial charge on any atom is 0.273 e. The highest BCUT2D eigenvalue weighted by Crippen LogP contribution is 2.23. The molecule has 1 aliphatic rings. The fourth-order valence-electron chi connectivity index (χ4n) is 1.87. The third-order valence-corrected chi connectivity index (χ3v) is 4.45. The van der Waals surface area contributed by atoms with Gasteiger partial charge in [0, 0.05) is 13.2 Å². The Morgan fingerprint density at radius 1 is 1.44 bits per heavy atom. The van der Waals surface area contributed by atoms with E-state index >= 15 is 0 Å². The second-order valence-corrected chi connectivity index (χ2v) is 6.15. The summed E-state index contributed by atoms with van der Waals surface area (Å²) in [6.07, 6.45) is 2.32. The summed E-state index contributed by atoms with van der Waals surface area (Å²) >= 11 is 0. The minimum absolute atomic E-state index is 0.0508. The number of furan rings is 1. The zero-order valence-corrected chi connectivity index (χ0v) is 11.3. The topological polar surface area (TPSA) is 80.6 Å². The molecule has 0 amide bonds. The van der Waals surface area contributed by atoms with Crippen molar-refractivity contribution in [3.05, 3.63) is 17.9 Å². The number of methoxy groups -OCH3 is 1. The van der Waals surface area contributed by atoms with Gasteiger partial charge in [-0.2, -0.15) is 0 Å². The van der Waals surface area contributed by atoms with Crippen LogP contribution in [0.1, 0.15) is 18.6 Å². The highest BCUT2D eigenvalue weighted by molar-refractivity contribution is 7.89. The first-order valence-electron chi connectivity index (χ1n) is 5.83. The summed E-state index contributed by atoms with van der Waals surface area (Å²) < 4.78 is 35.6. The SMILES string of the molecule is CNS(=O)(=O)c1ccc(CNC2CC(OC)C2)o1. The molecule has 2 N–H and O–H groups in total. The highest BCUT2D eigenvalue weighted by atomic mass is 32.2. The molecule has 0 aromatic carbocycles. The van der Waals surface area contributed by atoms with Gasteiger partial charge in [0.05, 0.1) is 12.6 Å². The van der Waals surface area contributed by atoms with Gasteiger partial charge in [-0.1, -0.05) is 0 Å². The molecule has 1 aromatic rings. The van der Waals surface area contributed by atoms with Crippen molar-refractivity contribution in [1.29, 1.82) is 0 Å². The average molecular weight is 274 g/mol. The van der Waals surface area contributed by atoms with Crippen molar-refractivity contribution < 1.29 is 17.6 Å². The van der Waals surface area contributed by atoms with Crippen molar-refractivity contribution >= 4 is 10.0 Å². The van der Waals surface area contributed by atoms with Crippen molar-refractivity contribution in [2.75, 3.05) is 14.2 Å². The quantitative estimate of drug-likeness (QED) is 0.787. The minimum Gasteiger partial charge on any atom is -0.447 e. The van der Waals surface area contributed by atoms with E-state index in [1.54, 1.807) is 13.2 Å². The van der Waals surface area contributed by atoms with E-state index in [9.17, 15) is 8.42 Å². The van der Waals surface area contributed by atoms with E-state index in [0.717, 1.165) is 12.8 Å². The third-order valence-electron chi connectivity index (χ3n) is 3.16. The summed E-state index contributed by atoms with van der Waals surface area (Å²) in [5.74, 6) is 0.615. The molecule has 1 aliphatic carbocycles. The standard InChI is InChI=1S/C11H18N2O4S/c1-12-18(14,15)11-4-3-9(17-11)7-13-8-5-10(6-8)16-2/h3-4,8,10,12-13H,5-7H2,1-2H3. The van der Waals surface area contributed by atoms with E-state index in [4.69, 9.17) is 9.15 Å². The first-order chi connectivity index (χ1) is 8.55. The third kappa shape index (κ3) is 2.92. The fourth-order valence-corrected chi connectivity index (χ4v) is 2.53. The number of rotatable bonds is 6. The van der Waals surface area contributed by atoms with Crippen LogP contribution in [0.15, 0.2) is 21.6 Å². The number of hydrogen-bond acceptors (Lipinski definition) is 5. The van der Waals surface area contributed by atoms with E-state index in [2.05, 4.69) is 10.0 Å². The molecule has 0 aliphatic heterocycles. The molecule has 0 unspecified atom stereocenters. The van der Waals surface area contributed by atoms with Gasteiger partial charge < -0.3 is 14.5 Å². The molecular formula is C11H18N2O4S. The molecule has 6 nitrogen and oxygen atoms in total. The Morgan fingerprint density at radius 3 is 2.78 bits per heavy atom. The van der Waals surface area contributed by atoms with Crippen LogP contribution in [0.4, 0.5) is 0 Å². The molecule has 0 bridgehead atoms. The van der Waals surface area contributed by atoms with Crippen LogP contribution in [0.2, 0.25) is 0 Å². The van der Waals surface area contributed by atoms with Gasteiger partial charge in [0.15, 0.2) is 0 Å². The van der Waals surface area contributed by atoms with Gasteiger partial charge in [-0.25, -0.2) is 13.1 Å². The Bertz CT molecular complexity index is 491. The van der Waals surface area contributed by atoms with Crippen molar-refractivity contribution in [1.82, 2.24) is 10.0 Å². The zero-order valence-electron chi connectivity index (χ0n) is 10.5. The first-order valence-corrected chi connectivity index (χ1v) is 7.32. The minimum atomic E-state index is -3.48. The van der Waals surface area contributed by atoms with E-state index < -0.39 is 10.0 Å². The van der Waals surface area contributed by atoms with Crippen LogP contribution in [0, 0.1) is 0 Å². The fraction of sp³-hybridized carbons (Fsp3) is 0.636. The van der Waals surface area contributed by atoms with Crippen molar-refractivity contribution in [3.8, 4) is 0 Å². The Morgan fingerprint density at radius 2 is 2.17 bits per heavy atom. The maximum absolute atomic E-state index is 11.5. The summed E-state index contributed by atoms with van der Waals surface area (Å²) in [6.45, 7) is 0.528. The Hall–Kier alpha value is -0.890. The number of sulfonamides is 1. The van der Waals surface area contributed by atoms with Crippen LogP contribution < -0.4 is 10.0 Å². The number of nitrogens with one attached hydrogen (secondary N) is 2. The van der Waals surface area contributed by atoms with Gasteiger partial charge in [-0.05, 0) is 32.0 Å². The predicted octanol–water partition coefficient (Wildman–Crippen LogP) is 0.455. The Kier molecular flexibility index (Phi) is 4.06. The largest absolute Gasteiger partial charge is 0.447 e. The van der Waals surface area contributed by atoms with Crippen LogP contribution in [-0.4, -0.2) is 34.7 Å². The second kappa shape index (κ2) is 5.40. The molecule has 1 fully saturated rings. The van der Waals surface area contributed by atoms with E-state index in [1.807, 2.05) is 0 Å². The molecular weight excluding hydrogens is 256 g/mol. The van der Waals surface area contributed by atoms with Crippen molar-refractivity contribution in [2.24, 2.45) is 0 Å². The molecule has 0 atom stereocenters. The van der Waals surface area contributed by atoms with E-state index in [-0.39, 0.29) is 5.09 Å². The Balaban J connectivity index is 1.85. The van der Waals surface area contributed by atoms with Crippen LogP contribution >= 0.6 is 0 Å². The molecule has 18 heavy (non-hydrogen) atoms. The van der Waals surface area contributed by atoms with Crippen LogP contribution in [0.5, 0.6) is 0 Å². The molecule has 0 saturated heterocycles. The van der Waals surface area contributed by atoms with Gasteiger partial charge in [0.1, 0.15) is 5.76 Å². The lowest BCUT2D eigenvalue weighted by Crippen LogP contribution is -2.44. The normalized spacial score (nSPS) is 23.9. The van der Waals surface area contributed by atoms with Gasteiger partial charge in [-0.3, -0.25) is 0 Å². The van der Waals surface area contributed by atoms with E-state index in [1.165, 1.54) is 13.1 Å². The predicted molar refractivity (Wildman–Crippen MR) is 65.6 cm³/mol. The molecule has 0 radical (unpaired) electrons. The van der Waals surface area contributed by atoms with Gasteiger partial charge in [-0.15, -0.1) is 0 Å². The molecule has 7 heteroatoms. The smallest absolute Gasteiger partial charge is 0.273 e. The number of hydrogen-bond donors (Lipinski definition) is 2. The lowest BCUT2D eigenvalue weighted by atomic mass is 9.89.